The maximum Gasteiger partial charge on any atom is 0.341 e. The fraction of sp³-hybridized carbons (Fsp3) is 0.267. The van der Waals surface area contributed by atoms with E-state index >= 15 is 0 Å². The Morgan fingerprint density at radius 3 is 2.20 bits per heavy atom. The van der Waals surface area contributed by atoms with Crippen LogP contribution in [0, 0.1) is 5.92 Å². The summed E-state index contributed by atoms with van der Waals surface area (Å²) in [4.78, 5) is 33.8. The summed E-state index contributed by atoms with van der Waals surface area (Å²) in [5.74, 6) is -0.882. The Labute approximate surface area is 117 Å². The lowest BCUT2D eigenvalue weighted by Gasteiger charge is -2.07. The standard InChI is InChI=1S/C15H16O5/c1-10(2)14(17)13(15(18)19-3)8-11-4-6-12(7-5-11)20-9-16/h4-10H,1-3H3/b13-8+. The smallest absolute Gasteiger partial charge is 0.341 e. The van der Waals surface area contributed by atoms with Gasteiger partial charge in [0.15, 0.2) is 5.78 Å². The molecule has 0 unspecified atom stereocenters. The molecule has 0 amide bonds. The van der Waals surface area contributed by atoms with E-state index in [1.54, 1.807) is 38.1 Å². The summed E-state index contributed by atoms with van der Waals surface area (Å²) in [6.07, 6.45) is 1.46. The summed E-state index contributed by atoms with van der Waals surface area (Å²) in [6, 6.07) is 6.40. The number of benzene rings is 1. The van der Waals surface area contributed by atoms with E-state index in [2.05, 4.69) is 9.47 Å². The second kappa shape index (κ2) is 7.23. The predicted molar refractivity (Wildman–Crippen MR) is 73.0 cm³/mol. The zero-order valence-electron chi connectivity index (χ0n) is 11.6. The van der Waals surface area contributed by atoms with Gasteiger partial charge in [-0.15, -0.1) is 0 Å². The van der Waals surface area contributed by atoms with Crippen LogP contribution in [0.1, 0.15) is 19.4 Å². The van der Waals surface area contributed by atoms with Crippen molar-refractivity contribution in [1.82, 2.24) is 0 Å². The Kier molecular flexibility index (Phi) is 5.65. The van der Waals surface area contributed by atoms with E-state index in [1.807, 2.05) is 0 Å². The Hall–Kier alpha value is -2.43. The first-order valence-corrected chi connectivity index (χ1v) is 6.04. The number of hydrogen-bond acceptors (Lipinski definition) is 5. The van der Waals surface area contributed by atoms with Crippen LogP contribution >= 0.6 is 0 Å². The van der Waals surface area contributed by atoms with Crippen LogP contribution in [0.2, 0.25) is 0 Å². The number of carbonyl (C=O) groups is 3. The van der Waals surface area contributed by atoms with Gasteiger partial charge in [-0.1, -0.05) is 26.0 Å². The molecule has 0 heterocycles. The highest BCUT2D eigenvalue weighted by Gasteiger charge is 2.21. The van der Waals surface area contributed by atoms with Crippen molar-refractivity contribution in [2.24, 2.45) is 5.92 Å². The van der Waals surface area contributed by atoms with E-state index in [4.69, 9.17) is 0 Å². The van der Waals surface area contributed by atoms with E-state index < -0.39 is 5.97 Å². The summed E-state index contributed by atoms with van der Waals surface area (Å²) in [7, 11) is 1.23. The van der Waals surface area contributed by atoms with Gasteiger partial charge >= 0.3 is 5.97 Å². The molecular weight excluding hydrogens is 260 g/mol. The molecule has 20 heavy (non-hydrogen) atoms. The van der Waals surface area contributed by atoms with Crippen LogP contribution in [-0.4, -0.2) is 25.3 Å². The molecular formula is C15H16O5. The third kappa shape index (κ3) is 4.05. The van der Waals surface area contributed by atoms with Gasteiger partial charge in [-0.25, -0.2) is 4.79 Å². The van der Waals surface area contributed by atoms with Gasteiger partial charge in [-0.3, -0.25) is 9.59 Å². The second-order valence-corrected chi connectivity index (χ2v) is 4.35. The van der Waals surface area contributed by atoms with Gasteiger partial charge in [-0.2, -0.15) is 0 Å². The van der Waals surface area contributed by atoms with Crippen LogP contribution in [0.5, 0.6) is 5.75 Å². The number of ketones is 1. The van der Waals surface area contributed by atoms with E-state index in [1.165, 1.54) is 13.2 Å². The summed E-state index contributed by atoms with van der Waals surface area (Å²) >= 11 is 0. The monoisotopic (exact) mass is 276 g/mol. The molecule has 0 aliphatic carbocycles. The molecule has 1 rings (SSSR count). The molecule has 0 atom stereocenters. The lowest BCUT2D eigenvalue weighted by atomic mass is 9.99. The molecule has 0 aromatic heterocycles. The Bertz CT molecular complexity index is 526. The minimum atomic E-state index is -0.670. The van der Waals surface area contributed by atoms with Crippen molar-refractivity contribution in [1.29, 1.82) is 0 Å². The van der Waals surface area contributed by atoms with Crippen molar-refractivity contribution in [3.63, 3.8) is 0 Å². The molecule has 0 aliphatic rings. The lowest BCUT2D eigenvalue weighted by molar-refractivity contribution is -0.138. The van der Waals surface area contributed by atoms with Crippen molar-refractivity contribution < 1.29 is 23.9 Å². The average molecular weight is 276 g/mol. The number of esters is 1. The van der Waals surface area contributed by atoms with Gasteiger partial charge in [0.25, 0.3) is 6.47 Å². The van der Waals surface area contributed by atoms with E-state index in [9.17, 15) is 14.4 Å². The first kappa shape index (κ1) is 15.6. The number of hydrogen-bond donors (Lipinski definition) is 0. The van der Waals surface area contributed by atoms with Gasteiger partial charge in [0.2, 0.25) is 0 Å². The topological polar surface area (TPSA) is 69.7 Å². The fourth-order valence-electron chi connectivity index (χ4n) is 1.52. The number of Topliss-reactive ketones (excluding diaryl/α,β-unsaturated/α-hetero) is 1. The molecule has 5 heteroatoms. The maximum atomic E-state index is 12.0. The molecule has 0 spiro atoms. The number of carbonyl (C=O) groups excluding carboxylic acids is 3. The predicted octanol–water partition coefficient (Wildman–Crippen LogP) is 2.00. The highest BCUT2D eigenvalue weighted by Crippen LogP contribution is 2.16. The van der Waals surface area contributed by atoms with Crippen LogP contribution in [0.3, 0.4) is 0 Å². The molecule has 0 aliphatic heterocycles. The molecule has 1 aromatic carbocycles. The van der Waals surface area contributed by atoms with Crippen molar-refractivity contribution in [3.8, 4) is 5.75 Å². The maximum absolute atomic E-state index is 12.0. The molecule has 0 fully saturated rings. The minimum Gasteiger partial charge on any atom is -0.465 e. The van der Waals surface area contributed by atoms with Crippen molar-refractivity contribution in [3.05, 3.63) is 35.4 Å². The van der Waals surface area contributed by atoms with E-state index in [0.717, 1.165) is 0 Å². The third-order valence-electron chi connectivity index (χ3n) is 2.57. The van der Waals surface area contributed by atoms with E-state index in [-0.39, 0.29) is 17.3 Å². The zero-order chi connectivity index (χ0) is 15.1. The largest absolute Gasteiger partial charge is 0.465 e. The molecule has 106 valence electrons. The SMILES string of the molecule is COC(=O)/C(=C/c1ccc(OC=O)cc1)C(=O)C(C)C. The Morgan fingerprint density at radius 1 is 1.15 bits per heavy atom. The number of methoxy groups -OCH3 is 1. The fourth-order valence-corrected chi connectivity index (χ4v) is 1.52. The summed E-state index contributed by atoms with van der Waals surface area (Å²) < 4.78 is 9.28. The van der Waals surface area contributed by atoms with Crippen LogP contribution < -0.4 is 4.74 Å². The molecule has 0 radical (unpaired) electrons. The average Bonchev–Trinajstić information content (AvgIpc) is 2.45. The summed E-state index contributed by atoms with van der Waals surface area (Å²) in [6.45, 7) is 3.74. The first-order chi connectivity index (χ1) is 9.49. The third-order valence-corrected chi connectivity index (χ3v) is 2.57. The molecule has 0 bridgehead atoms. The van der Waals surface area contributed by atoms with Crippen LogP contribution in [0.25, 0.3) is 6.08 Å². The summed E-state index contributed by atoms with van der Waals surface area (Å²) in [5, 5.41) is 0. The lowest BCUT2D eigenvalue weighted by Crippen LogP contribution is -2.18. The Balaban J connectivity index is 3.09. The van der Waals surface area contributed by atoms with Crippen molar-refractivity contribution in [2.45, 2.75) is 13.8 Å². The highest BCUT2D eigenvalue weighted by atomic mass is 16.5. The van der Waals surface area contributed by atoms with Crippen LogP contribution in [-0.2, 0) is 19.1 Å². The molecule has 0 N–H and O–H groups in total. The van der Waals surface area contributed by atoms with Gasteiger partial charge < -0.3 is 9.47 Å². The summed E-state index contributed by atoms with van der Waals surface area (Å²) in [5.41, 5.74) is 0.629. The van der Waals surface area contributed by atoms with E-state index in [0.29, 0.717) is 17.8 Å². The van der Waals surface area contributed by atoms with Crippen LogP contribution in [0.4, 0.5) is 0 Å². The molecule has 1 aromatic rings. The normalized spacial score (nSPS) is 11.1. The molecule has 0 saturated heterocycles. The second-order valence-electron chi connectivity index (χ2n) is 4.35. The van der Waals surface area contributed by atoms with Gasteiger partial charge in [0.05, 0.1) is 7.11 Å². The minimum absolute atomic E-state index is 0.00782. The Morgan fingerprint density at radius 2 is 1.75 bits per heavy atom. The van der Waals surface area contributed by atoms with Crippen molar-refractivity contribution in [2.75, 3.05) is 7.11 Å². The molecule has 0 saturated carbocycles. The number of ether oxygens (including phenoxy) is 2. The van der Waals surface area contributed by atoms with Gasteiger partial charge in [0, 0.05) is 5.92 Å². The van der Waals surface area contributed by atoms with Gasteiger partial charge in [-0.05, 0) is 23.8 Å². The zero-order valence-corrected chi connectivity index (χ0v) is 11.6. The molecule has 5 nitrogen and oxygen atoms in total. The first-order valence-electron chi connectivity index (χ1n) is 6.04. The quantitative estimate of drug-likeness (QED) is 0.261. The number of rotatable bonds is 6. The highest BCUT2D eigenvalue weighted by molar-refractivity contribution is 6.21. The van der Waals surface area contributed by atoms with Crippen molar-refractivity contribution >= 4 is 24.3 Å². The van der Waals surface area contributed by atoms with Crippen LogP contribution in [0.15, 0.2) is 29.8 Å². The van der Waals surface area contributed by atoms with Gasteiger partial charge in [0.1, 0.15) is 11.3 Å².